The summed E-state index contributed by atoms with van der Waals surface area (Å²) in [5, 5.41) is 3.13. The number of carbonyl (C=O) groups excluding carboxylic acids is 1. The minimum Gasteiger partial charge on any atom is -0.347 e. The monoisotopic (exact) mass is 277 g/mol. The molecule has 0 aliphatic carbocycles. The first-order chi connectivity index (χ1) is 9.24. The highest BCUT2D eigenvalue weighted by Crippen LogP contribution is 2.26. The molecule has 2 aliphatic heterocycles. The van der Waals surface area contributed by atoms with Crippen LogP contribution in [0.3, 0.4) is 0 Å². The third-order valence-corrected chi connectivity index (χ3v) is 4.73. The van der Waals surface area contributed by atoms with Gasteiger partial charge in [-0.1, -0.05) is 0 Å². The molecule has 0 aromatic carbocycles. The second-order valence-electron chi connectivity index (χ2n) is 5.40. The zero-order valence-electron chi connectivity index (χ0n) is 11.1. The lowest BCUT2D eigenvalue weighted by atomic mass is 9.97. The van der Waals surface area contributed by atoms with Crippen LogP contribution in [0.15, 0.2) is 23.2 Å². The van der Waals surface area contributed by atoms with E-state index < -0.39 is 0 Å². The number of fused-ring (bicyclic) bond motifs is 2. The molecule has 0 spiro atoms. The summed E-state index contributed by atoms with van der Waals surface area (Å²) in [4.78, 5) is 19.9. The lowest BCUT2D eigenvalue weighted by Crippen LogP contribution is -2.47. The normalized spacial score (nSPS) is 29.2. The van der Waals surface area contributed by atoms with Gasteiger partial charge in [0.15, 0.2) is 0 Å². The second-order valence-corrected chi connectivity index (χ2v) is 6.28. The van der Waals surface area contributed by atoms with E-state index in [1.165, 1.54) is 19.5 Å². The first kappa shape index (κ1) is 12.9. The smallest absolute Gasteiger partial charge is 0.270 e. The number of amides is 1. The van der Waals surface area contributed by atoms with Crippen molar-refractivity contribution >= 4 is 17.7 Å². The predicted molar refractivity (Wildman–Crippen MR) is 76.4 cm³/mol. The molecule has 4 nitrogen and oxygen atoms in total. The standard InChI is InChI=1S/C14H19N3OS/c1-19-12-2-4-15-13(7-12)14(18)16-11-6-10-3-5-17(8-10)9-11/h2,4,7,10-11H,3,5-6,8-9H2,1H3,(H,16,18)/t10-,11-/m1/s1. The highest BCUT2D eigenvalue weighted by atomic mass is 32.2. The number of thioether (sulfide) groups is 1. The van der Waals surface area contributed by atoms with Crippen LogP contribution < -0.4 is 5.32 Å². The third kappa shape index (κ3) is 2.92. The largest absolute Gasteiger partial charge is 0.347 e. The number of piperidine rings is 1. The summed E-state index contributed by atoms with van der Waals surface area (Å²) in [6, 6.07) is 4.07. The molecule has 2 bridgehead atoms. The molecular formula is C14H19N3OS. The average Bonchev–Trinajstić information content (AvgIpc) is 2.78. The minimum absolute atomic E-state index is 0.0385. The van der Waals surface area contributed by atoms with Crippen LogP contribution in [0.4, 0.5) is 0 Å². The summed E-state index contributed by atoms with van der Waals surface area (Å²) in [6.45, 7) is 3.40. The van der Waals surface area contributed by atoms with Crippen molar-refractivity contribution < 1.29 is 4.79 Å². The minimum atomic E-state index is -0.0385. The highest BCUT2D eigenvalue weighted by Gasteiger charge is 2.33. The molecule has 2 fully saturated rings. The van der Waals surface area contributed by atoms with Gasteiger partial charge in [-0.05, 0) is 43.7 Å². The lowest BCUT2D eigenvalue weighted by molar-refractivity contribution is 0.0904. The van der Waals surface area contributed by atoms with E-state index in [0.29, 0.717) is 5.69 Å². The number of rotatable bonds is 3. The van der Waals surface area contributed by atoms with Crippen molar-refractivity contribution in [1.29, 1.82) is 0 Å². The van der Waals surface area contributed by atoms with Crippen LogP contribution in [-0.2, 0) is 0 Å². The number of carbonyl (C=O) groups is 1. The molecule has 1 unspecified atom stereocenters. The van der Waals surface area contributed by atoms with Crippen molar-refractivity contribution in [3.8, 4) is 0 Å². The predicted octanol–water partition coefficient (Wildman–Crippen LogP) is 1.63. The summed E-state index contributed by atoms with van der Waals surface area (Å²) in [5.41, 5.74) is 0.528. The number of nitrogens with one attached hydrogen (secondary N) is 1. The summed E-state index contributed by atoms with van der Waals surface area (Å²) in [7, 11) is 0. The van der Waals surface area contributed by atoms with Gasteiger partial charge in [0.25, 0.3) is 5.91 Å². The summed E-state index contributed by atoms with van der Waals surface area (Å²) >= 11 is 1.63. The SMILES string of the molecule is CSc1ccnc(C(=O)N[C@@H]2C[C@H]3CCN(C3)C2)c1. The van der Waals surface area contributed by atoms with Crippen molar-refractivity contribution in [3.63, 3.8) is 0 Å². The van der Waals surface area contributed by atoms with E-state index in [4.69, 9.17) is 0 Å². The van der Waals surface area contributed by atoms with Crippen LogP contribution >= 0.6 is 11.8 Å². The van der Waals surface area contributed by atoms with E-state index in [2.05, 4.69) is 15.2 Å². The van der Waals surface area contributed by atoms with Crippen molar-refractivity contribution in [2.45, 2.75) is 23.8 Å². The Bertz CT molecular complexity index is 468. The fourth-order valence-electron chi connectivity index (χ4n) is 3.09. The first-order valence-electron chi connectivity index (χ1n) is 6.78. The zero-order valence-corrected chi connectivity index (χ0v) is 11.9. The van der Waals surface area contributed by atoms with Crippen molar-refractivity contribution in [2.24, 2.45) is 5.92 Å². The fraction of sp³-hybridized carbons (Fsp3) is 0.571. The van der Waals surface area contributed by atoms with Crippen LogP contribution in [0, 0.1) is 5.92 Å². The van der Waals surface area contributed by atoms with E-state index in [-0.39, 0.29) is 11.9 Å². The number of hydrogen-bond donors (Lipinski definition) is 1. The summed E-state index contributed by atoms with van der Waals surface area (Å²) in [5.74, 6) is 0.730. The average molecular weight is 277 g/mol. The Labute approximate surface area is 118 Å². The Morgan fingerprint density at radius 2 is 2.42 bits per heavy atom. The number of hydrogen-bond acceptors (Lipinski definition) is 4. The molecule has 19 heavy (non-hydrogen) atoms. The molecule has 2 aliphatic rings. The Morgan fingerprint density at radius 1 is 1.53 bits per heavy atom. The van der Waals surface area contributed by atoms with Gasteiger partial charge in [-0.25, -0.2) is 0 Å². The molecule has 5 heteroatoms. The number of nitrogens with zero attached hydrogens (tertiary/aromatic N) is 2. The molecule has 3 rings (SSSR count). The summed E-state index contributed by atoms with van der Waals surface area (Å²) < 4.78 is 0. The van der Waals surface area contributed by atoms with Crippen LogP contribution in [0.1, 0.15) is 23.3 Å². The van der Waals surface area contributed by atoms with Gasteiger partial charge in [0.05, 0.1) is 0 Å². The number of pyridine rings is 1. The van der Waals surface area contributed by atoms with Gasteiger partial charge in [0, 0.05) is 30.2 Å². The van der Waals surface area contributed by atoms with E-state index in [1.54, 1.807) is 18.0 Å². The van der Waals surface area contributed by atoms with Crippen molar-refractivity contribution in [2.75, 3.05) is 25.9 Å². The Morgan fingerprint density at radius 3 is 3.21 bits per heavy atom. The third-order valence-electron chi connectivity index (χ3n) is 4.00. The van der Waals surface area contributed by atoms with Crippen molar-refractivity contribution in [1.82, 2.24) is 15.2 Å². The molecule has 0 radical (unpaired) electrons. The van der Waals surface area contributed by atoms with Crippen LogP contribution in [0.2, 0.25) is 0 Å². The zero-order chi connectivity index (χ0) is 13.2. The molecule has 1 aromatic heterocycles. The molecule has 102 valence electrons. The Hall–Kier alpha value is -1.07. The van der Waals surface area contributed by atoms with Crippen LogP contribution in [0.25, 0.3) is 0 Å². The van der Waals surface area contributed by atoms with Gasteiger partial charge < -0.3 is 10.2 Å². The number of aromatic nitrogens is 1. The summed E-state index contributed by atoms with van der Waals surface area (Å²) in [6.07, 6.45) is 6.11. The van der Waals surface area contributed by atoms with E-state index >= 15 is 0 Å². The molecular weight excluding hydrogens is 258 g/mol. The molecule has 1 aromatic rings. The van der Waals surface area contributed by atoms with Gasteiger partial charge in [-0.15, -0.1) is 11.8 Å². The van der Waals surface area contributed by atoms with Gasteiger partial charge in [0.1, 0.15) is 5.69 Å². The van der Waals surface area contributed by atoms with E-state index in [9.17, 15) is 4.79 Å². The molecule has 3 atom stereocenters. The highest BCUT2D eigenvalue weighted by molar-refractivity contribution is 7.98. The lowest BCUT2D eigenvalue weighted by Gasteiger charge is -2.30. The Balaban J connectivity index is 1.64. The van der Waals surface area contributed by atoms with Gasteiger partial charge in [-0.2, -0.15) is 0 Å². The van der Waals surface area contributed by atoms with Crippen LogP contribution in [-0.4, -0.2) is 47.7 Å². The molecule has 1 amide bonds. The van der Waals surface area contributed by atoms with E-state index in [1.807, 2.05) is 18.4 Å². The van der Waals surface area contributed by atoms with E-state index in [0.717, 1.165) is 23.8 Å². The second kappa shape index (κ2) is 5.51. The maximum atomic E-state index is 12.2. The first-order valence-corrected chi connectivity index (χ1v) is 8.00. The Kier molecular flexibility index (Phi) is 3.75. The molecule has 0 saturated carbocycles. The quantitative estimate of drug-likeness (QED) is 0.853. The maximum absolute atomic E-state index is 12.2. The molecule has 1 N–H and O–H groups in total. The van der Waals surface area contributed by atoms with Crippen LogP contribution in [0.5, 0.6) is 0 Å². The van der Waals surface area contributed by atoms with Gasteiger partial charge in [0.2, 0.25) is 0 Å². The van der Waals surface area contributed by atoms with Crippen molar-refractivity contribution in [3.05, 3.63) is 24.0 Å². The fourth-order valence-corrected chi connectivity index (χ4v) is 3.51. The molecule has 3 heterocycles. The maximum Gasteiger partial charge on any atom is 0.270 e. The van der Waals surface area contributed by atoms with Gasteiger partial charge in [-0.3, -0.25) is 9.78 Å². The van der Waals surface area contributed by atoms with Gasteiger partial charge >= 0.3 is 0 Å². The topological polar surface area (TPSA) is 45.2 Å². The molecule has 2 saturated heterocycles.